The average Bonchev–Trinajstić information content (AvgIpc) is 3.58. The Hall–Kier alpha value is -3.91. The molecule has 39 heavy (non-hydrogen) atoms. The zero-order valence-corrected chi connectivity index (χ0v) is 23.0. The van der Waals surface area contributed by atoms with Crippen LogP contribution in [0.2, 0.25) is 0 Å². The quantitative estimate of drug-likeness (QED) is 0.321. The highest BCUT2D eigenvalue weighted by atomic mass is 16.5. The van der Waals surface area contributed by atoms with Gasteiger partial charge in [-0.05, 0) is 35.1 Å². The van der Waals surface area contributed by atoms with E-state index >= 15 is 0 Å². The molecular formula is C31H37N5O3. The van der Waals surface area contributed by atoms with Gasteiger partial charge >= 0.3 is 0 Å². The maximum Gasteiger partial charge on any atom is 0.255 e. The summed E-state index contributed by atoms with van der Waals surface area (Å²) in [6.07, 6.45) is 9.85. The van der Waals surface area contributed by atoms with Crippen molar-refractivity contribution < 1.29 is 14.3 Å². The number of amides is 2. The van der Waals surface area contributed by atoms with Crippen LogP contribution >= 0.6 is 0 Å². The Bertz CT molecular complexity index is 1440. The van der Waals surface area contributed by atoms with E-state index in [1.165, 1.54) is 0 Å². The molecule has 0 spiro atoms. The number of likely N-dealkylation sites (tertiary alicyclic amines) is 1. The monoisotopic (exact) mass is 527 g/mol. The summed E-state index contributed by atoms with van der Waals surface area (Å²) in [5.74, 6) is 0.639. The van der Waals surface area contributed by atoms with Crippen molar-refractivity contribution in [1.82, 2.24) is 23.9 Å². The number of carbonyl (C=O) groups excluding carboxylic acids is 2. The molecule has 0 radical (unpaired) electrons. The Morgan fingerprint density at radius 1 is 1.05 bits per heavy atom. The number of methoxy groups -OCH3 is 1. The van der Waals surface area contributed by atoms with E-state index in [0.29, 0.717) is 31.2 Å². The van der Waals surface area contributed by atoms with E-state index in [9.17, 15) is 9.59 Å². The molecule has 8 heteroatoms. The van der Waals surface area contributed by atoms with Crippen molar-refractivity contribution >= 4 is 22.6 Å². The van der Waals surface area contributed by atoms with Gasteiger partial charge in [-0.15, -0.1) is 0 Å². The molecule has 0 atom stereocenters. The molecule has 0 saturated carbocycles. The molecule has 1 fully saturated rings. The summed E-state index contributed by atoms with van der Waals surface area (Å²) >= 11 is 0. The number of rotatable bonds is 9. The Balaban J connectivity index is 1.43. The molecule has 0 bridgehead atoms. The molecule has 8 nitrogen and oxygen atoms in total. The van der Waals surface area contributed by atoms with Gasteiger partial charge in [0.1, 0.15) is 0 Å². The van der Waals surface area contributed by atoms with Crippen LogP contribution in [-0.4, -0.2) is 76.1 Å². The van der Waals surface area contributed by atoms with Gasteiger partial charge in [0.25, 0.3) is 5.91 Å². The van der Waals surface area contributed by atoms with Gasteiger partial charge in [0.2, 0.25) is 5.91 Å². The second-order valence-electron chi connectivity index (χ2n) is 10.5. The first-order valence-corrected chi connectivity index (χ1v) is 13.6. The lowest BCUT2D eigenvalue weighted by molar-refractivity contribution is -0.130. The second kappa shape index (κ2) is 11.9. The first-order valence-electron chi connectivity index (χ1n) is 13.6. The smallest absolute Gasteiger partial charge is 0.255 e. The average molecular weight is 528 g/mol. The van der Waals surface area contributed by atoms with E-state index in [4.69, 9.17) is 4.74 Å². The highest BCUT2D eigenvalue weighted by molar-refractivity contribution is 6.05. The van der Waals surface area contributed by atoms with Crippen molar-refractivity contribution in [3.05, 3.63) is 78.6 Å². The molecule has 2 aromatic heterocycles. The number of nitrogens with zero attached hydrogens (tertiary/aromatic N) is 5. The molecule has 3 heterocycles. The molecule has 4 aromatic rings. The summed E-state index contributed by atoms with van der Waals surface area (Å²) in [6, 6.07) is 14.5. The van der Waals surface area contributed by atoms with Gasteiger partial charge in [-0.25, -0.2) is 4.98 Å². The van der Waals surface area contributed by atoms with Crippen LogP contribution in [0.3, 0.4) is 0 Å². The molecule has 204 valence electrons. The van der Waals surface area contributed by atoms with Crippen LogP contribution in [0.5, 0.6) is 0 Å². The zero-order chi connectivity index (χ0) is 27.4. The van der Waals surface area contributed by atoms with Crippen molar-refractivity contribution in [2.24, 2.45) is 5.92 Å². The van der Waals surface area contributed by atoms with Gasteiger partial charge in [0, 0.05) is 71.4 Å². The maximum atomic E-state index is 13.6. The van der Waals surface area contributed by atoms with Gasteiger partial charge in [-0.1, -0.05) is 42.5 Å². The van der Waals surface area contributed by atoms with Crippen molar-refractivity contribution in [2.75, 3.05) is 40.4 Å². The van der Waals surface area contributed by atoms with Crippen LogP contribution in [0.25, 0.3) is 21.9 Å². The number of imidazole rings is 1. The lowest BCUT2D eigenvalue weighted by Crippen LogP contribution is -2.38. The fourth-order valence-corrected chi connectivity index (χ4v) is 5.52. The molecular weight excluding hydrogens is 490 g/mol. The fourth-order valence-electron chi connectivity index (χ4n) is 5.52. The van der Waals surface area contributed by atoms with Gasteiger partial charge in [-0.2, -0.15) is 0 Å². The highest BCUT2D eigenvalue weighted by Gasteiger charge is 2.23. The van der Waals surface area contributed by atoms with Crippen LogP contribution in [0.1, 0.15) is 35.8 Å². The topological polar surface area (TPSA) is 72.6 Å². The first kappa shape index (κ1) is 26.7. The minimum Gasteiger partial charge on any atom is -0.383 e. The fraction of sp³-hybridized carbons (Fsp3) is 0.387. The van der Waals surface area contributed by atoms with Crippen LogP contribution in [-0.2, 0) is 22.6 Å². The molecule has 1 aliphatic heterocycles. The van der Waals surface area contributed by atoms with Gasteiger partial charge in [0.05, 0.1) is 30.7 Å². The number of benzene rings is 2. The Morgan fingerprint density at radius 3 is 2.59 bits per heavy atom. The van der Waals surface area contributed by atoms with E-state index < -0.39 is 0 Å². The third-order valence-electron chi connectivity index (χ3n) is 7.83. The summed E-state index contributed by atoms with van der Waals surface area (Å²) < 4.78 is 9.53. The van der Waals surface area contributed by atoms with Crippen molar-refractivity contribution in [3.8, 4) is 11.1 Å². The Kier molecular flexibility index (Phi) is 8.12. The number of ether oxygens (including phenoxy) is 1. The van der Waals surface area contributed by atoms with E-state index in [1.807, 2.05) is 48.9 Å². The number of hydrogen-bond donors (Lipinski definition) is 0. The van der Waals surface area contributed by atoms with Gasteiger partial charge in [0.15, 0.2) is 0 Å². The number of piperidine rings is 1. The predicted molar refractivity (Wildman–Crippen MR) is 153 cm³/mol. The Labute approximate surface area is 229 Å². The molecule has 1 aliphatic rings. The number of fused-ring (bicyclic) bond motifs is 1. The normalized spacial score (nSPS) is 14.2. The minimum absolute atomic E-state index is 0.0283. The minimum atomic E-state index is -0.0283. The SMILES string of the molecule is COCCN(C)C(=O)c1cn(Cc2cncn2CC2CCN(C(C)=O)CC2)cc1-c1cccc2ccccc12. The van der Waals surface area contributed by atoms with Crippen molar-refractivity contribution in [2.45, 2.75) is 32.9 Å². The zero-order valence-electron chi connectivity index (χ0n) is 23.0. The summed E-state index contributed by atoms with van der Waals surface area (Å²) in [6.45, 7) is 5.77. The summed E-state index contributed by atoms with van der Waals surface area (Å²) in [7, 11) is 3.46. The van der Waals surface area contributed by atoms with Gasteiger partial charge < -0.3 is 23.7 Å². The number of carbonyl (C=O) groups is 2. The third-order valence-corrected chi connectivity index (χ3v) is 7.83. The number of likely N-dealkylation sites (N-methyl/N-ethyl adjacent to an activating group) is 1. The standard InChI is InChI=1S/C31H37N5O3/c1-23(37)35-13-11-24(12-14-35)18-36-22-32-17-26(36)19-34-20-29(30(21-34)31(38)33(2)15-16-39-3)28-10-6-8-25-7-4-5-9-27(25)28/h4-10,17,20-22,24H,11-16,18-19H2,1-3H3. The van der Waals surface area contributed by atoms with Crippen LogP contribution in [0.15, 0.2) is 67.4 Å². The summed E-state index contributed by atoms with van der Waals surface area (Å²) in [4.78, 5) is 33.4. The molecule has 2 amide bonds. The molecule has 0 N–H and O–H groups in total. The maximum absolute atomic E-state index is 13.6. The molecule has 1 saturated heterocycles. The first-order chi connectivity index (χ1) is 18.9. The molecule has 5 rings (SSSR count). The number of aromatic nitrogens is 3. The third kappa shape index (κ3) is 5.91. The highest BCUT2D eigenvalue weighted by Crippen LogP contribution is 2.33. The predicted octanol–water partition coefficient (Wildman–Crippen LogP) is 4.53. The van der Waals surface area contributed by atoms with E-state index in [1.54, 1.807) is 18.9 Å². The van der Waals surface area contributed by atoms with Crippen molar-refractivity contribution in [1.29, 1.82) is 0 Å². The van der Waals surface area contributed by atoms with E-state index in [2.05, 4.69) is 44.6 Å². The Morgan fingerprint density at radius 2 is 1.82 bits per heavy atom. The van der Waals surface area contributed by atoms with E-state index in [0.717, 1.165) is 60.1 Å². The second-order valence-corrected chi connectivity index (χ2v) is 10.5. The molecule has 2 aromatic carbocycles. The summed E-state index contributed by atoms with van der Waals surface area (Å²) in [5, 5.41) is 2.26. The van der Waals surface area contributed by atoms with Crippen LogP contribution < -0.4 is 0 Å². The van der Waals surface area contributed by atoms with Crippen LogP contribution in [0, 0.1) is 5.92 Å². The number of hydrogen-bond acceptors (Lipinski definition) is 4. The lowest BCUT2D eigenvalue weighted by atomic mass is 9.96. The van der Waals surface area contributed by atoms with Crippen molar-refractivity contribution in [3.63, 3.8) is 0 Å². The van der Waals surface area contributed by atoms with Gasteiger partial charge in [-0.3, -0.25) is 9.59 Å². The van der Waals surface area contributed by atoms with E-state index in [-0.39, 0.29) is 11.8 Å². The van der Waals surface area contributed by atoms with Crippen LogP contribution in [0.4, 0.5) is 0 Å². The molecule has 0 aliphatic carbocycles. The molecule has 0 unspecified atom stereocenters. The largest absolute Gasteiger partial charge is 0.383 e. The lowest BCUT2D eigenvalue weighted by Gasteiger charge is -2.31. The summed E-state index contributed by atoms with van der Waals surface area (Å²) in [5.41, 5.74) is 3.73.